The molecule has 0 bridgehead atoms. The molecule has 0 aliphatic heterocycles. The molecule has 3 unspecified atom stereocenters. The van der Waals surface area contributed by atoms with E-state index in [0.29, 0.717) is 0 Å². The first-order chi connectivity index (χ1) is 7.02. The van der Waals surface area contributed by atoms with Crippen molar-refractivity contribution in [3.05, 3.63) is 24.3 Å². The van der Waals surface area contributed by atoms with Crippen LogP contribution in [0.5, 0.6) is 0 Å². The molecule has 0 heterocycles. The normalized spacial score (nSPS) is 18.3. The van der Waals surface area contributed by atoms with Crippen LogP contribution in [0.15, 0.2) is 24.3 Å². The Hall–Kier alpha value is -0.250. The summed E-state index contributed by atoms with van der Waals surface area (Å²) in [5.41, 5.74) is 7.06. The van der Waals surface area contributed by atoms with E-state index in [1.54, 1.807) is 6.92 Å². The van der Waals surface area contributed by atoms with Crippen molar-refractivity contribution >= 4 is 12.6 Å². The van der Waals surface area contributed by atoms with E-state index in [1.165, 1.54) is 0 Å². The molecule has 3 N–H and O–H groups in total. The minimum absolute atomic E-state index is 0.0775. The summed E-state index contributed by atoms with van der Waals surface area (Å²) in [7, 11) is 0. The molecular weight excluding hydrogens is 206 g/mol. The molecular formula is C12H23NOS. The molecule has 0 radical (unpaired) electrons. The number of thiol groups is 1. The average Bonchev–Trinajstić information content (AvgIpc) is 2.16. The number of hydrogen-bond acceptors (Lipinski definition) is 3. The summed E-state index contributed by atoms with van der Waals surface area (Å²) in [6.07, 6.45) is 6.00. The fourth-order valence-corrected chi connectivity index (χ4v) is 1.71. The number of rotatable bonds is 7. The first-order valence-corrected chi connectivity index (χ1v) is 5.96. The van der Waals surface area contributed by atoms with Crippen molar-refractivity contribution in [1.29, 1.82) is 0 Å². The van der Waals surface area contributed by atoms with E-state index in [1.807, 2.05) is 6.08 Å². The van der Waals surface area contributed by atoms with Gasteiger partial charge in [-0.3, -0.25) is 0 Å². The van der Waals surface area contributed by atoms with E-state index in [-0.39, 0.29) is 11.3 Å². The highest BCUT2D eigenvalue weighted by molar-refractivity contribution is 7.81. The predicted octanol–water partition coefficient (Wildman–Crippen LogP) is 2.30. The molecule has 0 saturated heterocycles. The van der Waals surface area contributed by atoms with Crippen LogP contribution in [0.1, 0.15) is 33.1 Å². The van der Waals surface area contributed by atoms with Crippen LogP contribution in [0.3, 0.4) is 0 Å². The quantitative estimate of drug-likeness (QED) is 0.463. The summed E-state index contributed by atoms with van der Waals surface area (Å²) >= 11 is 4.40. The lowest BCUT2D eigenvalue weighted by Gasteiger charge is -2.20. The van der Waals surface area contributed by atoms with Gasteiger partial charge in [-0.25, -0.2) is 0 Å². The third-order valence-electron chi connectivity index (χ3n) is 2.27. The van der Waals surface area contributed by atoms with E-state index < -0.39 is 6.10 Å². The van der Waals surface area contributed by atoms with E-state index in [9.17, 15) is 5.11 Å². The summed E-state index contributed by atoms with van der Waals surface area (Å²) < 4.78 is 0. The lowest BCUT2D eigenvalue weighted by Crippen LogP contribution is -2.26. The molecule has 0 fully saturated rings. The average molecular weight is 229 g/mol. The predicted molar refractivity (Wildman–Crippen MR) is 70.2 cm³/mol. The van der Waals surface area contributed by atoms with Gasteiger partial charge in [-0.1, -0.05) is 24.6 Å². The highest BCUT2D eigenvalue weighted by atomic mass is 32.1. The number of nitrogens with two attached hydrogens (primary N) is 1. The van der Waals surface area contributed by atoms with Gasteiger partial charge in [-0.2, -0.15) is 12.6 Å². The summed E-state index contributed by atoms with van der Waals surface area (Å²) in [4.78, 5) is 0. The molecule has 0 amide bonds. The number of allylic oxidation sites excluding steroid dienone is 1. The Morgan fingerprint density at radius 1 is 1.60 bits per heavy atom. The van der Waals surface area contributed by atoms with Gasteiger partial charge in [0.25, 0.3) is 0 Å². The molecule has 0 spiro atoms. The van der Waals surface area contributed by atoms with Gasteiger partial charge in [-0.15, -0.1) is 6.58 Å². The zero-order valence-corrected chi connectivity index (χ0v) is 10.6. The number of aliphatic hydroxyl groups is 1. The third kappa shape index (κ3) is 6.03. The second-order valence-electron chi connectivity index (χ2n) is 3.86. The van der Waals surface area contributed by atoms with Crippen molar-refractivity contribution in [3.63, 3.8) is 0 Å². The fourth-order valence-electron chi connectivity index (χ4n) is 1.50. The van der Waals surface area contributed by atoms with Crippen LogP contribution in [-0.4, -0.2) is 22.5 Å². The third-order valence-corrected chi connectivity index (χ3v) is 3.03. The minimum atomic E-state index is -0.443. The topological polar surface area (TPSA) is 46.2 Å². The van der Waals surface area contributed by atoms with Crippen molar-refractivity contribution < 1.29 is 5.11 Å². The molecule has 0 aliphatic carbocycles. The van der Waals surface area contributed by atoms with E-state index in [0.717, 1.165) is 24.8 Å². The fraction of sp³-hybridized carbons (Fsp3) is 0.667. The smallest absolute Gasteiger partial charge is 0.0665 e. The van der Waals surface area contributed by atoms with E-state index in [2.05, 4.69) is 32.2 Å². The van der Waals surface area contributed by atoms with E-state index >= 15 is 0 Å². The van der Waals surface area contributed by atoms with E-state index in [4.69, 9.17) is 5.73 Å². The maximum atomic E-state index is 9.48. The minimum Gasteiger partial charge on any atom is -0.392 e. The van der Waals surface area contributed by atoms with Crippen LogP contribution in [0.4, 0.5) is 0 Å². The summed E-state index contributed by atoms with van der Waals surface area (Å²) in [6.45, 7) is 7.49. The van der Waals surface area contributed by atoms with Gasteiger partial charge in [0.05, 0.1) is 6.10 Å². The number of aliphatic hydroxyl groups excluding tert-OH is 1. The van der Waals surface area contributed by atoms with Crippen molar-refractivity contribution in [2.45, 2.75) is 50.5 Å². The molecule has 0 aliphatic rings. The first-order valence-electron chi connectivity index (χ1n) is 5.44. The molecule has 3 heteroatoms. The molecule has 0 aromatic heterocycles. The molecule has 3 atom stereocenters. The van der Waals surface area contributed by atoms with Crippen LogP contribution in [0.2, 0.25) is 0 Å². The number of hydrogen-bond donors (Lipinski definition) is 3. The van der Waals surface area contributed by atoms with Crippen LogP contribution < -0.4 is 5.73 Å². The molecule has 0 rings (SSSR count). The Balaban J connectivity index is 4.40. The van der Waals surface area contributed by atoms with Gasteiger partial charge in [0.15, 0.2) is 0 Å². The Morgan fingerprint density at radius 2 is 2.20 bits per heavy atom. The van der Waals surface area contributed by atoms with Crippen molar-refractivity contribution in [3.8, 4) is 0 Å². The Morgan fingerprint density at radius 3 is 2.60 bits per heavy atom. The maximum absolute atomic E-state index is 9.48. The molecule has 0 aromatic carbocycles. The zero-order chi connectivity index (χ0) is 11.8. The Bertz CT molecular complexity index is 214. The second-order valence-corrected chi connectivity index (χ2v) is 4.42. The first kappa shape index (κ1) is 14.8. The largest absolute Gasteiger partial charge is 0.392 e. The molecule has 0 saturated carbocycles. The van der Waals surface area contributed by atoms with Gasteiger partial charge in [0.1, 0.15) is 0 Å². The lowest BCUT2D eigenvalue weighted by molar-refractivity contribution is 0.199. The summed E-state index contributed by atoms with van der Waals surface area (Å²) in [5.74, 6) is 0. The van der Waals surface area contributed by atoms with Crippen molar-refractivity contribution in [1.82, 2.24) is 0 Å². The molecule has 88 valence electrons. The van der Waals surface area contributed by atoms with Crippen LogP contribution >= 0.6 is 12.6 Å². The van der Waals surface area contributed by atoms with Gasteiger partial charge in [-0.05, 0) is 26.2 Å². The van der Waals surface area contributed by atoms with Gasteiger partial charge < -0.3 is 10.8 Å². The summed E-state index contributed by atoms with van der Waals surface area (Å²) in [5, 5.41) is 9.37. The SMILES string of the molecule is C=CCC(N)C/C(=C\CC)C(S)C(C)O. The Labute approximate surface area is 98.7 Å². The van der Waals surface area contributed by atoms with Crippen LogP contribution in [-0.2, 0) is 0 Å². The highest BCUT2D eigenvalue weighted by Gasteiger charge is 2.16. The van der Waals surface area contributed by atoms with Crippen molar-refractivity contribution in [2.24, 2.45) is 5.73 Å². The van der Waals surface area contributed by atoms with Crippen LogP contribution in [0, 0.1) is 0 Å². The van der Waals surface area contributed by atoms with Crippen LogP contribution in [0.25, 0.3) is 0 Å². The molecule has 2 nitrogen and oxygen atoms in total. The highest BCUT2D eigenvalue weighted by Crippen LogP contribution is 2.20. The van der Waals surface area contributed by atoms with Gasteiger partial charge in [0.2, 0.25) is 0 Å². The summed E-state index contributed by atoms with van der Waals surface area (Å²) in [6, 6.07) is 0.0775. The maximum Gasteiger partial charge on any atom is 0.0665 e. The standard InChI is InChI=1S/C12H23NOS/c1-4-6-10(12(15)9(3)14)8-11(13)7-5-2/h5-6,9,11-12,14-15H,2,4,7-8,13H2,1,3H3/b10-6+. The Kier molecular flexibility index (Phi) is 7.83. The van der Waals surface area contributed by atoms with Gasteiger partial charge >= 0.3 is 0 Å². The zero-order valence-electron chi connectivity index (χ0n) is 9.69. The van der Waals surface area contributed by atoms with Gasteiger partial charge in [0, 0.05) is 11.3 Å². The molecule has 0 aromatic rings. The second kappa shape index (κ2) is 7.97. The lowest BCUT2D eigenvalue weighted by atomic mass is 9.98. The molecule has 15 heavy (non-hydrogen) atoms. The monoisotopic (exact) mass is 229 g/mol. The van der Waals surface area contributed by atoms with Crippen molar-refractivity contribution in [2.75, 3.05) is 0 Å².